The summed E-state index contributed by atoms with van der Waals surface area (Å²) < 4.78 is 7.19. The minimum Gasteiger partial charge on any atom is -0.385 e. The highest BCUT2D eigenvalue weighted by Crippen LogP contribution is 2.19. The zero-order valence-corrected chi connectivity index (χ0v) is 14.0. The van der Waals surface area contributed by atoms with Crippen LogP contribution in [0.5, 0.6) is 0 Å². The zero-order valence-electron chi connectivity index (χ0n) is 14.0. The van der Waals surface area contributed by atoms with Crippen molar-refractivity contribution in [3.63, 3.8) is 0 Å². The van der Waals surface area contributed by atoms with Crippen LogP contribution in [0.15, 0.2) is 0 Å². The number of rotatable bonds is 9. The fourth-order valence-electron chi connectivity index (χ4n) is 2.83. The molecule has 4 nitrogen and oxygen atoms in total. The molecule has 0 saturated heterocycles. The highest BCUT2D eigenvalue weighted by molar-refractivity contribution is 5.24. The van der Waals surface area contributed by atoms with Gasteiger partial charge in [0.1, 0.15) is 0 Å². The number of nitrogens with zero attached hydrogens (tertiary/aromatic N) is 2. The topological polar surface area (TPSA) is 39.1 Å². The van der Waals surface area contributed by atoms with Crippen molar-refractivity contribution in [1.29, 1.82) is 0 Å². The van der Waals surface area contributed by atoms with E-state index < -0.39 is 0 Å². The van der Waals surface area contributed by atoms with Crippen LogP contribution in [0.2, 0.25) is 0 Å². The normalized spacial score (nSPS) is 14.5. The molecule has 1 aromatic heterocycles. The molecule has 1 heterocycles. The SMILES string of the molecule is CCNC(CCc1c(C)nn(C)c1C)C(C)CCOC. The van der Waals surface area contributed by atoms with E-state index in [-0.39, 0.29) is 0 Å². The van der Waals surface area contributed by atoms with Crippen LogP contribution in [0.4, 0.5) is 0 Å². The first kappa shape index (κ1) is 17.2. The number of methoxy groups -OCH3 is 1. The molecule has 0 aliphatic rings. The van der Waals surface area contributed by atoms with E-state index in [9.17, 15) is 0 Å². The Morgan fingerprint density at radius 2 is 2.00 bits per heavy atom. The summed E-state index contributed by atoms with van der Waals surface area (Å²) in [7, 11) is 3.80. The lowest BCUT2D eigenvalue weighted by Crippen LogP contribution is -2.36. The Labute approximate surface area is 123 Å². The average molecular weight is 281 g/mol. The predicted octanol–water partition coefficient (Wildman–Crippen LogP) is 2.62. The van der Waals surface area contributed by atoms with Gasteiger partial charge in [0.05, 0.1) is 5.69 Å². The molecule has 0 aromatic carbocycles. The van der Waals surface area contributed by atoms with Crippen LogP contribution in [0.3, 0.4) is 0 Å². The van der Waals surface area contributed by atoms with Crippen LogP contribution in [0.25, 0.3) is 0 Å². The Morgan fingerprint density at radius 1 is 1.30 bits per heavy atom. The Balaban J connectivity index is 2.62. The molecule has 0 radical (unpaired) electrons. The van der Waals surface area contributed by atoms with Crippen LogP contribution in [-0.4, -0.2) is 36.1 Å². The van der Waals surface area contributed by atoms with Gasteiger partial charge in [0.15, 0.2) is 0 Å². The Bertz CT molecular complexity index is 401. The van der Waals surface area contributed by atoms with Gasteiger partial charge >= 0.3 is 0 Å². The number of aromatic nitrogens is 2. The van der Waals surface area contributed by atoms with Crippen LogP contribution < -0.4 is 5.32 Å². The summed E-state index contributed by atoms with van der Waals surface area (Å²) in [6.07, 6.45) is 3.37. The lowest BCUT2D eigenvalue weighted by Gasteiger charge is -2.25. The lowest BCUT2D eigenvalue weighted by molar-refractivity contribution is 0.169. The number of hydrogen-bond acceptors (Lipinski definition) is 3. The largest absolute Gasteiger partial charge is 0.385 e. The summed E-state index contributed by atoms with van der Waals surface area (Å²) in [4.78, 5) is 0. The summed E-state index contributed by atoms with van der Waals surface area (Å²) in [5.41, 5.74) is 3.88. The van der Waals surface area contributed by atoms with E-state index in [2.05, 4.69) is 38.1 Å². The van der Waals surface area contributed by atoms with Crippen LogP contribution in [0.1, 0.15) is 43.6 Å². The molecule has 0 bridgehead atoms. The number of ether oxygens (including phenoxy) is 1. The molecule has 2 atom stereocenters. The molecule has 1 aromatic rings. The van der Waals surface area contributed by atoms with Crippen molar-refractivity contribution < 1.29 is 4.74 Å². The van der Waals surface area contributed by atoms with Gasteiger partial charge in [-0.25, -0.2) is 0 Å². The van der Waals surface area contributed by atoms with E-state index in [1.807, 2.05) is 11.7 Å². The van der Waals surface area contributed by atoms with Gasteiger partial charge < -0.3 is 10.1 Å². The van der Waals surface area contributed by atoms with Crippen molar-refractivity contribution in [3.05, 3.63) is 17.0 Å². The molecule has 0 amide bonds. The molecule has 0 aliphatic heterocycles. The first-order chi connectivity index (χ1) is 9.51. The van der Waals surface area contributed by atoms with E-state index in [4.69, 9.17) is 4.74 Å². The minimum absolute atomic E-state index is 0.550. The Kier molecular flexibility index (Phi) is 7.24. The maximum atomic E-state index is 5.20. The Morgan fingerprint density at radius 3 is 2.50 bits per heavy atom. The molecular formula is C16H31N3O. The quantitative estimate of drug-likeness (QED) is 0.756. The molecule has 1 rings (SSSR count). The fraction of sp³-hybridized carbons (Fsp3) is 0.812. The van der Waals surface area contributed by atoms with Gasteiger partial charge in [0.2, 0.25) is 0 Å². The van der Waals surface area contributed by atoms with Gasteiger partial charge in [-0.3, -0.25) is 4.68 Å². The summed E-state index contributed by atoms with van der Waals surface area (Å²) in [5.74, 6) is 0.632. The van der Waals surface area contributed by atoms with Gasteiger partial charge in [-0.2, -0.15) is 5.10 Å². The molecule has 2 unspecified atom stereocenters. The van der Waals surface area contributed by atoms with E-state index in [0.717, 1.165) is 32.4 Å². The summed E-state index contributed by atoms with van der Waals surface area (Å²) in [6.45, 7) is 10.6. The molecule has 4 heteroatoms. The van der Waals surface area contributed by atoms with E-state index in [0.29, 0.717) is 12.0 Å². The third-order valence-corrected chi connectivity index (χ3v) is 4.29. The number of nitrogens with one attached hydrogen (secondary N) is 1. The first-order valence-corrected chi connectivity index (χ1v) is 7.72. The molecule has 20 heavy (non-hydrogen) atoms. The molecule has 0 aliphatic carbocycles. The predicted molar refractivity (Wildman–Crippen MR) is 84.1 cm³/mol. The van der Waals surface area contributed by atoms with Crippen LogP contribution >= 0.6 is 0 Å². The first-order valence-electron chi connectivity index (χ1n) is 7.72. The average Bonchev–Trinajstić information content (AvgIpc) is 2.66. The highest BCUT2D eigenvalue weighted by Gasteiger charge is 2.18. The van der Waals surface area contributed by atoms with Gasteiger partial charge in [-0.15, -0.1) is 0 Å². The fourth-order valence-corrected chi connectivity index (χ4v) is 2.83. The van der Waals surface area contributed by atoms with E-state index in [1.165, 1.54) is 17.0 Å². The Hall–Kier alpha value is -0.870. The number of aryl methyl sites for hydroxylation is 2. The van der Waals surface area contributed by atoms with E-state index in [1.54, 1.807) is 7.11 Å². The zero-order chi connectivity index (χ0) is 15.1. The van der Waals surface area contributed by atoms with Crippen LogP contribution in [-0.2, 0) is 18.2 Å². The van der Waals surface area contributed by atoms with Crippen molar-refractivity contribution in [1.82, 2.24) is 15.1 Å². The third-order valence-electron chi connectivity index (χ3n) is 4.29. The molecular weight excluding hydrogens is 250 g/mol. The van der Waals surface area contributed by atoms with Gasteiger partial charge in [0, 0.05) is 32.5 Å². The van der Waals surface area contributed by atoms with Crippen LogP contribution in [0, 0.1) is 19.8 Å². The van der Waals surface area contributed by atoms with E-state index >= 15 is 0 Å². The smallest absolute Gasteiger partial charge is 0.0628 e. The maximum Gasteiger partial charge on any atom is 0.0628 e. The summed E-state index contributed by atoms with van der Waals surface area (Å²) >= 11 is 0. The second-order valence-electron chi connectivity index (χ2n) is 5.73. The molecule has 0 saturated carbocycles. The van der Waals surface area contributed by atoms with Crippen molar-refractivity contribution in [2.75, 3.05) is 20.3 Å². The second-order valence-corrected chi connectivity index (χ2v) is 5.73. The second kappa shape index (κ2) is 8.42. The van der Waals surface area contributed by atoms with Gasteiger partial charge in [-0.1, -0.05) is 13.8 Å². The maximum absolute atomic E-state index is 5.20. The molecule has 0 spiro atoms. The van der Waals surface area contributed by atoms with Crippen molar-refractivity contribution in [2.24, 2.45) is 13.0 Å². The summed E-state index contributed by atoms with van der Waals surface area (Å²) in [6, 6.07) is 0.550. The highest BCUT2D eigenvalue weighted by atomic mass is 16.5. The van der Waals surface area contributed by atoms with Crippen molar-refractivity contribution in [3.8, 4) is 0 Å². The van der Waals surface area contributed by atoms with Gasteiger partial charge in [-0.05, 0) is 51.1 Å². The number of hydrogen-bond donors (Lipinski definition) is 1. The third kappa shape index (κ3) is 4.60. The minimum atomic E-state index is 0.550. The van der Waals surface area contributed by atoms with Crippen molar-refractivity contribution in [2.45, 2.75) is 53.0 Å². The molecule has 116 valence electrons. The summed E-state index contributed by atoms with van der Waals surface area (Å²) in [5, 5.41) is 8.13. The lowest BCUT2D eigenvalue weighted by atomic mass is 9.92. The standard InChI is InChI=1S/C16H31N3O/c1-7-17-16(12(2)10-11-20-6)9-8-15-13(3)18-19(5)14(15)4/h12,16-17H,7-11H2,1-6H3. The van der Waals surface area contributed by atoms with Crippen molar-refractivity contribution >= 4 is 0 Å². The molecule has 1 N–H and O–H groups in total. The van der Waals surface area contributed by atoms with Gasteiger partial charge in [0.25, 0.3) is 0 Å². The molecule has 0 fully saturated rings. The monoisotopic (exact) mass is 281 g/mol.